The second-order valence-electron chi connectivity index (χ2n) is 4.23. The molecule has 1 aliphatic heterocycles. The molecule has 3 nitrogen and oxygen atoms in total. The van der Waals surface area contributed by atoms with Crippen LogP contribution < -0.4 is 9.47 Å². The molecule has 19 heavy (non-hydrogen) atoms. The van der Waals surface area contributed by atoms with Gasteiger partial charge in [-0.25, -0.2) is 0 Å². The topological polar surface area (TPSA) is 35.5 Å². The summed E-state index contributed by atoms with van der Waals surface area (Å²) in [5.41, 5.74) is 0.629. The van der Waals surface area contributed by atoms with Crippen molar-refractivity contribution in [2.24, 2.45) is 0 Å². The summed E-state index contributed by atoms with van der Waals surface area (Å²) in [5, 5.41) is 1.98. The van der Waals surface area contributed by atoms with Gasteiger partial charge in [0.15, 0.2) is 5.78 Å². The van der Waals surface area contributed by atoms with Gasteiger partial charge < -0.3 is 9.47 Å². The van der Waals surface area contributed by atoms with Gasteiger partial charge in [-0.1, -0.05) is 0 Å². The normalized spacial score (nSPS) is 17.8. The van der Waals surface area contributed by atoms with Gasteiger partial charge in [0, 0.05) is 10.5 Å². The van der Waals surface area contributed by atoms with E-state index >= 15 is 0 Å². The van der Waals surface area contributed by atoms with E-state index in [1.807, 2.05) is 11.4 Å². The molecule has 0 radical (unpaired) electrons. The Hall–Kier alpha value is -1.33. The van der Waals surface area contributed by atoms with Crippen LogP contribution in [0, 0.1) is 0 Å². The van der Waals surface area contributed by atoms with Crippen molar-refractivity contribution < 1.29 is 14.3 Å². The quantitative estimate of drug-likeness (QED) is 0.822. The summed E-state index contributed by atoms with van der Waals surface area (Å²) in [4.78, 5) is 13.2. The van der Waals surface area contributed by atoms with E-state index in [0.717, 1.165) is 9.35 Å². The zero-order valence-corrected chi connectivity index (χ0v) is 12.6. The molecule has 2 aromatic rings. The van der Waals surface area contributed by atoms with Gasteiger partial charge in [-0.15, -0.1) is 11.3 Å². The Morgan fingerprint density at radius 3 is 2.95 bits per heavy atom. The maximum Gasteiger partial charge on any atom is 0.170 e. The molecule has 98 valence electrons. The van der Waals surface area contributed by atoms with E-state index in [0.29, 0.717) is 23.5 Å². The lowest BCUT2D eigenvalue weighted by Gasteiger charge is -2.25. The zero-order chi connectivity index (χ0) is 13.4. The number of Topliss-reactive ketones (excluding diaryl/α,β-unsaturated/α-hetero) is 1. The third-order valence-corrected chi connectivity index (χ3v) is 5.03. The summed E-state index contributed by atoms with van der Waals surface area (Å²) in [6.45, 7) is 0. The van der Waals surface area contributed by atoms with Crippen LogP contribution in [0.3, 0.4) is 0 Å². The molecule has 0 bridgehead atoms. The molecule has 0 fully saturated rings. The highest BCUT2D eigenvalue weighted by atomic mass is 79.9. The highest BCUT2D eigenvalue weighted by Crippen LogP contribution is 2.40. The van der Waals surface area contributed by atoms with Crippen LogP contribution in [0.2, 0.25) is 0 Å². The van der Waals surface area contributed by atoms with Gasteiger partial charge in [-0.2, -0.15) is 0 Å². The average molecular weight is 339 g/mol. The van der Waals surface area contributed by atoms with Gasteiger partial charge in [0.25, 0.3) is 0 Å². The molecule has 0 saturated heterocycles. The predicted octanol–water partition coefficient (Wildman–Crippen LogP) is 4.23. The lowest BCUT2D eigenvalue weighted by atomic mass is 10.00. The molecule has 3 rings (SSSR count). The highest BCUT2D eigenvalue weighted by Gasteiger charge is 2.29. The van der Waals surface area contributed by atoms with Crippen LogP contribution in [0.15, 0.2) is 34.1 Å². The van der Waals surface area contributed by atoms with Gasteiger partial charge in [0.2, 0.25) is 0 Å². The SMILES string of the molecule is COc1ccc2c(c1)OC(c1sccc1Br)CC2=O. The largest absolute Gasteiger partial charge is 0.497 e. The maximum atomic E-state index is 12.2. The minimum atomic E-state index is -0.221. The van der Waals surface area contributed by atoms with Crippen molar-refractivity contribution in [3.63, 3.8) is 0 Å². The smallest absolute Gasteiger partial charge is 0.170 e. The first-order chi connectivity index (χ1) is 9.19. The summed E-state index contributed by atoms with van der Waals surface area (Å²) in [7, 11) is 1.60. The van der Waals surface area contributed by atoms with Gasteiger partial charge in [-0.05, 0) is 39.5 Å². The first-order valence-corrected chi connectivity index (χ1v) is 7.47. The molecule has 0 aliphatic carbocycles. The van der Waals surface area contributed by atoms with E-state index in [1.165, 1.54) is 0 Å². The number of ketones is 1. The zero-order valence-electron chi connectivity index (χ0n) is 10.2. The molecule has 0 N–H and O–H groups in total. The van der Waals surface area contributed by atoms with Crippen LogP contribution in [-0.2, 0) is 0 Å². The number of rotatable bonds is 2. The van der Waals surface area contributed by atoms with E-state index in [4.69, 9.17) is 9.47 Å². The molecule has 0 spiro atoms. The summed E-state index contributed by atoms with van der Waals surface area (Å²) >= 11 is 5.07. The Bertz CT molecular complexity index is 635. The lowest BCUT2D eigenvalue weighted by molar-refractivity contribution is 0.0853. The Balaban J connectivity index is 1.99. The molecule has 5 heteroatoms. The fourth-order valence-corrected chi connectivity index (χ4v) is 3.77. The number of halogens is 1. The number of benzene rings is 1. The Morgan fingerprint density at radius 2 is 2.26 bits per heavy atom. The van der Waals surface area contributed by atoms with Crippen molar-refractivity contribution in [2.45, 2.75) is 12.5 Å². The molecule has 1 aromatic carbocycles. The molecule has 1 atom stereocenters. The fourth-order valence-electron chi connectivity index (χ4n) is 2.11. The number of fused-ring (bicyclic) bond motifs is 1. The Kier molecular flexibility index (Phi) is 3.33. The number of ether oxygens (including phenoxy) is 2. The van der Waals surface area contributed by atoms with Crippen molar-refractivity contribution in [3.05, 3.63) is 44.6 Å². The number of methoxy groups -OCH3 is 1. The van der Waals surface area contributed by atoms with Crippen molar-refractivity contribution in [1.82, 2.24) is 0 Å². The lowest BCUT2D eigenvalue weighted by Crippen LogP contribution is -2.19. The second-order valence-corrected chi connectivity index (χ2v) is 6.03. The monoisotopic (exact) mass is 338 g/mol. The first kappa shape index (κ1) is 12.7. The standard InChI is InChI=1S/C14H11BrO3S/c1-17-8-2-3-9-11(16)7-13(18-12(9)6-8)14-10(15)4-5-19-14/h2-6,13H,7H2,1H3. The van der Waals surface area contributed by atoms with Crippen molar-refractivity contribution in [3.8, 4) is 11.5 Å². The Labute approximate surface area is 123 Å². The fraction of sp³-hybridized carbons (Fsp3) is 0.214. The first-order valence-electron chi connectivity index (χ1n) is 5.80. The van der Waals surface area contributed by atoms with Crippen LogP contribution in [-0.4, -0.2) is 12.9 Å². The number of thiophene rings is 1. The minimum Gasteiger partial charge on any atom is -0.497 e. The van der Waals surface area contributed by atoms with E-state index < -0.39 is 0 Å². The maximum absolute atomic E-state index is 12.2. The summed E-state index contributed by atoms with van der Waals surface area (Å²) < 4.78 is 12.1. The second kappa shape index (κ2) is 4.98. The highest BCUT2D eigenvalue weighted by molar-refractivity contribution is 9.10. The number of hydrogen-bond donors (Lipinski definition) is 0. The van der Waals surface area contributed by atoms with Crippen LogP contribution in [0.1, 0.15) is 27.8 Å². The van der Waals surface area contributed by atoms with Crippen molar-refractivity contribution in [2.75, 3.05) is 7.11 Å². The van der Waals surface area contributed by atoms with Crippen molar-refractivity contribution >= 4 is 33.0 Å². The van der Waals surface area contributed by atoms with E-state index in [1.54, 1.807) is 36.6 Å². The van der Waals surface area contributed by atoms with Crippen LogP contribution >= 0.6 is 27.3 Å². The average Bonchev–Trinajstić information content (AvgIpc) is 2.84. The van der Waals surface area contributed by atoms with Gasteiger partial charge in [-0.3, -0.25) is 4.79 Å². The molecule has 1 aromatic heterocycles. The summed E-state index contributed by atoms with van der Waals surface area (Å²) in [6, 6.07) is 7.27. The molecule has 1 unspecified atom stereocenters. The predicted molar refractivity (Wildman–Crippen MR) is 77.3 cm³/mol. The molecule has 0 saturated carbocycles. The van der Waals surface area contributed by atoms with Gasteiger partial charge in [0.05, 0.1) is 24.0 Å². The van der Waals surface area contributed by atoms with Gasteiger partial charge >= 0.3 is 0 Å². The molecular formula is C14H11BrO3S. The summed E-state index contributed by atoms with van der Waals surface area (Å²) in [5.74, 6) is 1.40. The van der Waals surface area contributed by atoms with Crippen LogP contribution in [0.5, 0.6) is 11.5 Å². The third-order valence-electron chi connectivity index (χ3n) is 3.07. The van der Waals surface area contributed by atoms with E-state index in [-0.39, 0.29) is 11.9 Å². The Morgan fingerprint density at radius 1 is 1.42 bits per heavy atom. The van der Waals surface area contributed by atoms with Gasteiger partial charge in [0.1, 0.15) is 17.6 Å². The number of carbonyl (C=O) groups is 1. The van der Waals surface area contributed by atoms with Crippen molar-refractivity contribution in [1.29, 1.82) is 0 Å². The molecule has 1 aliphatic rings. The number of hydrogen-bond acceptors (Lipinski definition) is 4. The summed E-state index contributed by atoms with van der Waals surface area (Å²) in [6.07, 6.45) is 0.153. The van der Waals surface area contributed by atoms with E-state index in [9.17, 15) is 4.79 Å². The molecular weight excluding hydrogens is 328 g/mol. The molecule has 2 heterocycles. The number of carbonyl (C=O) groups excluding carboxylic acids is 1. The minimum absolute atomic E-state index is 0.106. The molecule has 0 amide bonds. The third kappa shape index (κ3) is 2.28. The van der Waals surface area contributed by atoms with Crippen LogP contribution in [0.4, 0.5) is 0 Å². The van der Waals surface area contributed by atoms with Crippen LogP contribution in [0.25, 0.3) is 0 Å². The van der Waals surface area contributed by atoms with E-state index in [2.05, 4.69) is 15.9 Å².